The van der Waals surface area contributed by atoms with Crippen LogP contribution in [0.1, 0.15) is 12.1 Å². The number of rotatable bonds is 3. The highest BCUT2D eigenvalue weighted by atomic mass is 32.2. The quantitative estimate of drug-likeness (QED) is 0.826. The van der Waals surface area contributed by atoms with Crippen LogP contribution >= 0.6 is 11.8 Å². The van der Waals surface area contributed by atoms with E-state index in [2.05, 4.69) is 21.9 Å². The van der Waals surface area contributed by atoms with E-state index in [1.165, 1.54) is 17.9 Å². The minimum absolute atomic E-state index is 0.455. The van der Waals surface area contributed by atoms with E-state index >= 15 is 0 Å². The van der Waals surface area contributed by atoms with Crippen LogP contribution in [0.15, 0.2) is 12.4 Å². The van der Waals surface area contributed by atoms with Crippen LogP contribution in [0.3, 0.4) is 0 Å². The van der Waals surface area contributed by atoms with Crippen molar-refractivity contribution >= 4 is 17.6 Å². The topological polar surface area (TPSA) is 55.0 Å². The van der Waals surface area contributed by atoms with Gasteiger partial charge in [0.05, 0.1) is 18.1 Å². The van der Waals surface area contributed by atoms with Crippen molar-refractivity contribution in [1.82, 2.24) is 9.97 Å². The van der Waals surface area contributed by atoms with Crippen molar-refractivity contribution < 1.29 is 0 Å². The molecule has 15 heavy (non-hydrogen) atoms. The van der Waals surface area contributed by atoms with Gasteiger partial charge in [-0.3, -0.25) is 4.98 Å². The number of nitrogens with zero attached hydrogens (tertiary/aromatic N) is 3. The molecule has 2 rings (SSSR count). The summed E-state index contributed by atoms with van der Waals surface area (Å²) in [5.41, 5.74) is 6.32. The maximum absolute atomic E-state index is 5.48. The lowest BCUT2D eigenvalue weighted by Crippen LogP contribution is -2.32. The molecule has 1 unspecified atom stereocenters. The molecule has 1 aromatic heterocycles. The van der Waals surface area contributed by atoms with Crippen molar-refractivity contribution in [1.29, 1.82) is 0 Å². The van der Waals surface area contributed by atoms with Crippen LogP contribution in [0.25, 0.3) is 0 Å². The third-order valence-electron chi connectivity index (χ3n) is 2.72. The van der Waals surface area contributed by atoms with Crippen molar-refractivity contribution in [3.63, 3.8) is 0 Å². The van der Waals surface area contributed by atoms with Crippen LogP contribution in [0.4, 0.5) is 5.82 Å². The van der Waals surface area contributed by atoms with Gasteiger partial charge in [0.1, 0.15) is 5.82 Å². The minimum atomic E-state index is 0.455. The lowest BCUT2D eigenvalue weighted by Gasteiger charge is -2.24. The molecule has 0 spiro atoms. The molecule has 1 aliphatic heterocycles. The maximum atomic E-state index is 5.48. The molecule has 0 bridgehead atoms. The first kappa shape index (κ1) is 10.7. The molecule has 0 aromatic carbocycles. The molecule has 5 heteroatoms. The Balaban J connectivity index is 2.07. The first-order valence-corrected chi connectivity index (χ1v) is 6.28. The number of hydrogen-bond acceptors (Lipinski definition) is 5. The monoisotopic (exact) mass is 224 g/mol. The summed E-state index contributed by atoms with van der Waals surface area (Å²) in [5, 5.41) is 0. The van der Waals surface area contributed by atoms with Crippen LogP contribution in [-0.2, 0) is 6.54 Å². The molecular formula is C10H16N4S. The van der Waals surface area contributed by atoms with E-state index in [0.29, 0.717) is 12.6 Å². The van der Waals surface area contributed by atoms with Gasteiger partial charge in [-0.05, 0) is 12.2 Å². The van der Waals surface area contributed by atoms with E-state index in [4.69, 9.17) is 5.73 Å². The smallest absolute Gasteiger partial charge is 0.147 e. The molecule has 82 valence electrons. The summed E-state index contributed by atoms with van der Waals surface area (Å²) >= 11 is 2.00. The van der Waals surface area contributed by atoms with Crippen molar-refractivity contribution in [3.05, 3.63) is 18.1 Å². The van der Waals surface area contributed by atoms with Gasteiger partial charge in [0, 0.05) is 25.4 Å². The fourth-order valence-electron chi connectivity index (χ4n) is 1.65. The Bertz CT molecular complexity index is 308. The molecule has 2 N–H and O–H groups in total. The number of aromatic nitrogens is 2. The molecule has 1 aliphatic rings. The van der Waals surface area contributed by atoms with Gasteiger partial charge in [-0.25, -0.2) is 4.98 Å². The maximum Gasteiger partial charge on any atom is 0.147 e. The molecule has 1 fully saturated rings. The molecule has 0 amide bonds. The number of nitrogens with two attached hydrogens (primary N) is 1. The van der Waals surface area contributed by atoms with E-state index in [9.17, 15) is 0 Å². The molecule has 0 aliphatic carbocycles. The fraction of sp³-hybridized carbons (Fsp3) is 0.600. The van der Waals surface area contributed by atoms with E-state index < -0.39 is 0 Å². The SMILES string of the molecule is CN(c1cnc(CN)cn1)C1CCSC1. The first-order valence-electron chi connectivity index (χ1n) is 5.13. The van der Waals surface area contributed by atoms with Gasteiger partial charge < -0.3 is 10.6 Å². The number of thioether (sulfide) groups is 1. The molecule has 1 saturated heterocycles. The van der Waals surface area contributed by atoms with Gasteiger partial charge in [-0.15, -0.1) is 0 Å². The molecule has 0 radical (unpaired) electrons. The van der Waals surface area contributed by atoms with Crippen molar-refractivity contribution in [2.75, 3.05) is 23.5 Å². The summed E-state index contributed by atoms with van der Waals surface area (Å²) in [6.07, 6.45) is 4.81. The van der Waals surface area contributed by atoms with Crippen LogP contribution in [0, 0.1) is 0 Å². The lowest BCUT2D eigenvalue weighted by molar-refractivity contribution is 0.689. The van der Waals surface area contributed by atoms with E-state index in [-0.39, 0.29) is 0 Å². The Morgan fingerprint density at radius 1 is 1.53 bits per heavy atom. The summed E-state index contributed by atoms with van der Waals surface area (Å²) in [7, 11) is 2.09. The van der Waals surface area contributed by atoms with Gasteiger partial charge in [0.25, 0.3) is 0 Å². The van der Waals surface area contributed by atoms with Crippen LogP contribution < -0.4 is 10.6 Å². The highest BCUT2D eigenvalue weighted by Gasteiger charge is 2.20. The average molecular weight is 224 g/mol. The lowest BCUT2D eigenvalue weighted by atomic mass is 10.2. The normalized spacial score (nSPS) is 20.5. The standard InChI is InChI=1S/C10H16N4S/c1-14(9-2-3-15-7-9)10-6-12-8(4-11)5-13-10/h5-6,9H,2-4,7,11H2,1H3. The molecule has 4 nitrogen and oxygen atoms in total. The Labute approximate surface area is 94.3 Å². The van der Waals surface area contributed by atoms with Crippen LogP contribution in [-0.4, -0.2) is 34.6 Å². The molecule has 1 aromatic rings. The second-order valence-electron chi connectivity index (χ2n) is 3.70. The zero-order chi connectivity index (χ0) is 10.7. The minimum Gasteiger partial charge on any atom is -0.355 e. The molecular weight excluding hydrogens is 208 g/mol. The summed E-state index contributed by atoms with van der Waals surface area (Å²) in [5.74, 6) is 3.39. The van der Waals surface area contributed by atoms with Gasteiger partial charge in [0.15, 0.2) is 0 Å². The second kappa shape index (κ2) is 4.81. The summed E-state index contributed by atoms with van der Waals surface area (Å²) in [6, 6.07) is 0.605. The van der Waals surface area contributed by atoms with Gasteiger partial charge in [0.2, 0.25) is 0 Å². The highest BCUT2D eigenvalue weighted by molar-refractivity contribution is 7.99. The van der Waals surface area contributed by atoms with Gasteiger partial charge in [-0.1, -0.05) is 0 Å². The van der Waals surface area contributed by atoms with Crippen molar-refractivity contribution in [2.24, 2.45) is 5.73 Å². The Morgan fingerprint density at radius 2 is 2.40 bits per heavy atom. The van der Waals surface area contributed by atoms with Gasteiger partial charge >= 0.3 is 0 Å². The van der Waals surface area contributed by atoms with E-state index in [0.717, 1.165) is 11.5 Å². The molecule has 0 saturated carbocycles. The van der Waals surface area contributed by atoms with Gasteiger partial charge in [-0.2, -0.15) is 11.8 Å². The largest absolute Gasteiger partial charge is 0.355 e. The number of hydrogen-bond donors (Lipinski definition) is 1. The predicted octanol–water partition coefficient (Wildman–Crippen LogP) is 0.877. The molecule has 2 heterocycles. The van der Waals surface area contributed by atoms with Crippen molar-refractivity contribution in [2.45, 2.75) is 19.0 Å². The van der Waals surface area contributed by atoms with E-state index in [1.807, 2.05) is 18.0 Å². The summed E-state index contributed by atoms with van der Waals surface area (Å²) in [6.45, 7) is 0.455. The Hall–Kier alpha value is -0.810. The predicted molar refractivity (Wildman–Crippen MR) is 64.1 cm³/mol. The van der Waals surface area contributed by atoms with Crippen molar-refractivity contribution in [3.8, 4) is 0 Å². The third kappa shape index (κ3) is 2.41. The summed E-state index contributed by atoms with van der Waals surface area (Å²) in [4.78, 5) is 10.8. The third-order valence-corrected chi connectivity index (χ3v) is 3.86. The Morgan fingerprint density at radius 3 is 2.93 bits per heavy atom. The summed E-state index contributed by atoms with van der Waals surface area (Å²) < 4.78 is 0. The first-order chi connectivity index (χ1) is 7.31. The average Bonchev–Trinajstić information content (AvgIpc) is 2.82. The zero-order valence-electron chi connectivity index (χ0n) is 8.89. The van der Waals surface area contributed by atoms with Crippen LogP contribution in [0.5, 0.6) is 0 Å². The zero-order valence-corrected chi connectivity index (χ0v) is 9.70. The Kier molecular flexibility index (Phi) is 3.43. The molecule has 1 atom stereocenters. The van der Waals surface area contributed by atoms with E-state index in [1.54, 1.807) is 6.20 Å². The van der Waals surface area contributed by atoms with Crippen LogP contribution in [0.2, 0.25) is 0 Å². The second-order valence-corrected chi connectivity index (χ2v) is 4.85. The fourth-order valence-corrected chi connectivity index (χ4v) is 2.92. The number of anilines is 1. The highest BCUT2D eigenvalue weighted by Crippen LogP contribution is 2.24.